The van der Waals surface area contributed by atoms with Gasteiger partial charge in [0, 0.05) is 28.9 Å². The second-order valence-corrected chi connectivity index (χ2v) is 6.89. The van der Waals surface area contributed by atoms with E-state index in [1.54, 1.807) is 18.2 Å². The van der Waals surface area contributed by atoms with Gasteiger partial charge in [-0.3, -0.25) is 4.98 Å². The van der Waals surface area contributed by atoms with Crippen LogP contribution in [0.15, 0.2) is 35.4 Å². The van der Waals surface area contributed by atoms with Crippen LogP contribution in [0.5, 0.6) is 5.75 Å². The first kappa shape index (κ1) is 16.0. The van der Waals surface area contributed by atoms with E-state index in [9.17, 15) is 8.42 Å². The van der Waals surface area contributed by atoms with E-state index >= 15 is 0 Å². The molecule has 0 spiro atoms. The molecule has 0 unspecified atom stereocenters. The summed E-state index contributed by atoms with van der Waals surface area (Å²) in [5.41, 5.74) is 0.305. The van der Waals surface area contributed by atoms with Crippen molar-refractivity contribution in [2.45, 2.75) is 18.2 Å². The molecule has 0 amide bonds. The average molecular weight is 330 g/mol. The highest BCUT2D eigenvalue weighted by atomic mass is 35.7. The van der Waals surface area contributed by atoms with E-state index in [-0.39, 0.29) is 4.90 Å². The molecule has 0 aliphatic carbocycles. The number of benzene rings is 1. The van der Waals surface area contributed by atoms with Crippen molar-refractivity contribution in [1.29, 1.82) is 0 Å². The quantitative estimate of drug-likeness (QED) is 0.577. The van der Waals surface area contributed by atoms with Gasteiger partial charge in [-0.1, -0.05) is 6.92 Å². The van der Waals surface area contributed by atoms with Crippen LogP contribution in [-0.2, 0) is 13.8 Å². The lowest BCUT2D eigenvalue weighted by atomic mass is 10.2. The Morgan fingerprint density at radius 3 is 2.71 bits per heavy atom. The number of pyridine rings is 1. The Morgan fingerprint density at radius 1 is 1.19 bits per heavy atom. The molecule has 21 heavy (non-hydrogen) atoms. The average Bonchev–Trinajstić information content (AvgIpc) is 2.45. The number of ether oxygens (including phenoxy) is 2. The van der Waals surface area contributed by atoms with E-state index in [1.807, 2.05) is 6.92 Å². The Hall–Kier alpha value is -1.37. The molecule has 1 aromatic carbocycles. The van der Waals surface area contributed by atoms with Crippen molar-refractivity contribution < 1.29 is 17.9 Å². The summed E-state index contributed by atoms with van der Waals surface area (Å²) in [5.74, 6) is 0.558. The maximum atomic E-state index is 11.6. The molecule has 0 N–H and O–H groups in total. The van der Waals surface area contributed by atoms with Crippen molar-refractivity contribution in [1.82, 2.24) is 4.98 Å². The van der Waals surface area contributed by atoms with Gasteiger partial charge in [-0.25, -0.2) is 8.42 Å². The first-order valence-corrected chi connectivity index (χ1v) is 8.88. The summed E-state index contributed by atoms with van der Waals surface area (Å²) in [7, 11) is 1.57. The molecule has 0 fully saturated rings. The molecular formula is C14H16ClNO4S. The molecule has 0 radical (unpaired) electrons. The molecule has 2 aromatic rings. The van der Waals surface area contributed by atoms with E-state index in [0.29, 0.717) is 36.5 Å². The molecule has 0 bridgehead atoms. The Labute approximate surface area is 128 Å². The molecule has 2 rings (SSSR count). The minimum atomic E-state index is -3.85. The zero-order chi connectivity index (χ0) is 15.3. The number of nitrogens with zero attached hydrogens (tertiary/aromatic N) is 1. The SMILES string of the molecule is CCCOCCOc1ccc(S(=O)(=O)Cl)c2ncccc12. The van der Waals surface area contributed by atoms with Crippen LogP contribution in [0, 0.1) is 0 Å². The van der Waals surface area contributed by atoms with Gasteiger partial charge in [0.1, 0.15) is 17.3 Å². The molecule has 1 aromatic heterocycles. The van der Waals surface area contributed by atoms with E-state index < -0.39 is 9.05 Å². The number of hydrogen-bond donors (Lipinski definition) is 0. The predicted molar refractivity (Wildman–Crippen MR) is 81.4 cm³/mol. The number of hydrogen-bond acceptors (Lipinski definition) is 5. The summed E-state index contributed by atoms with van der Waals surface area (Å²) in [5, 5.41) is 0.606. The maximum absolute atomic E-state index is 11.6. The van der Waals surface area contributed by atoms with Crippen LogP contribution in [0.3, 0.4) is 0 Å². The number of rotatable bonds is 7. The first-order chi connectivity index (χ1) is 10.0. The highest BCUT2D eigenvalue weighted by molar-refractivity contribution is 8.14. The van der Waals surface area contributed by atoms with Crippen molar-refractivity contribution >= 4 is 30.6 Å². The van der Waals surface area contributed by atoms with Crippen LogP contribution >= 0.6 is 10.7 Å². The van der Waals surface area contributed by atoms with Crippen LogP contribution in [0.2, 0.25) is 0 Å². The van der Waals surface area contributed by atoms with E-state index in [0.717, 1.165) is 6.42 Å². The van der Waals surface area contributed by atoms with Crippen molar-refractivity contribution in [3.8, 4) is 5.75 Å². The Bertz CT molecular complexity index is 718. The van der Waals surface area contributed by atoms with Crippen LogP contribution < -0.4 is 4.74 Å². The molecule has 7 heteroatoms. The Kier molecular flexibility index (Phi) is 5.39. The summed E-state index contributed by atoms with van der Waals surface area (Å²) in [4.78, 5) is 4.07. The fourth-order valence-corrected chi connectivity index (χ4v) is 2.90. The summed E-state index contributed by atoms with van der Waals surface area (Å²) in [6.45, 7) is 3.59. The molecule has 5 nitrogen and oxygen atoms in total. The minimum absolute atomic E-state index is 0.0191. The van der Waals surface area contributed by atoms with Crippen molar-refractivity contribution in [2.24, 2.45) is 0 Å². The summed E-state index contributed by atoms with van der Waals surface area (Å²) < 4.78 is 34.1. The molecule has 0 saturated carbocycles. The number of halogens is 1. The predicted octanol–water partition coefficient (Wildman–Crippen LogP) is 2.97. The third kappa shape index (κ3) is 4.06. The van der Waals surface area contributed by atoms with E-state index in [4.69, 9.17) is 20.2 Å². The van der Waals surface area contributed by atoms with Crippen molar-refractivity contribution in [2.75, 3.05) is 19.8 Å². The Morgan fingerprint density at radius 2 is 2.00 bits per heavy atom. The standard InChI is InChI=1S/C14H16ClNO4S/c1-2-8-19-9-10-20-12-5-6-13(21(15,17)18)14-11(12)4-3-7-16-14/h3-7H,2,8-10H2,1H3. The van der Waals surface area contributed by atoms with Crippen molar-refractivity contribution in [3.63, 3.8) is 0 Å². The van der Waals surface area contributed by atoms with Gasteiger partial charge in [0.15, 0.2) is 0 Å². The largest absolute Gasteiger partial charge is 0.490 e. The van der Waals surface area contributed by atoms with Gasteiger partial charge in [-0.2, -0.15) is 0 Å². The number of aromatic nitrogens is 1. The first-order valence-electron chi connectivity index (χ1n) is 6.57. The second kappa shape index (κ2) is 7.06. The molecule has 0 saturated heterocycles. The third-order valence-corrected chi connectivity index (χ3v) is 4.14. The molecule has 1 heterocycles. The van der Waals surface area contributed by atoms with E-state index in [1.165, 1.54) is 12.3 Å². The van der Waals surface area contributed by atoms with Gasteiger partial charge in [-0.05, 0) is 30.7 Å². The zero-order valence-electron chi connectivity index (χ0n) is 11.6. The van der Waals surface area contributed by atoms with Crippen LogP contribution in [0.1, 0.15) is 13.3 Å². The van der Waals surface area contributed by atoms with Gasteiger partial charge in [0.05, 0.1) is 12.1 Å². The molecule has 0 aliphatic rings. The van der Waals surface area contributed by atoms with Gasteiger partial charge in [0.2, 0.25) is 0 Å². The fourth-order valence-electron chi connectivity index (χ4n) is 1.90. The zero-order valence-corrected chi connectivity index (χ0v) is 13.2. The number of fused-ring (bicyclic) bond motifs is 1. The van der Waals surface area contributed by atoms with Gasteiger partial charge in [-0.15, -0.1) is 0 Å². The lowest BCUT2D eigenvalue weighted by Gasteiger charge is -2.10. The normalized spacial score (nSPS) is 11.7. The van der Waals surface area contributed by atoms with E-state index in [2.05, 4.69) is 4.98 Å². The van der Waals surface area contributed by atoms with Crippen LogP contribution in [0.4, 0.5) is 0 Å². The minimum Gasteiger partial charge on any atom is -0.490 e. The summed E-state index contributed by atoms with van der Waals surface area (Å²) in [6.07, 6.45) is 2.47. The van der Waals surface area contributed by atoms with Crippen LogP contribution in [-0.4, -0.2) is 33.2 Å². The van der Waals surface area contributed by atoms with Crippen molar-refractivity contribution in [3.05, 3.63) is 30.5 Å². The monoisotopic (exact) mass is 329 g/mol. The summed E-state index contributed by atoms with van der Waals surface area (Å²) >= 11 is 0. The molecule has 0 atom stereocenters. The topological polar surface area (TPSA) is 65.5 Å². The lowest BCUT2D eigenvalue weighted by Crippen LogP contribution is -2.07. The maximum Gasteiger partial charge on any atom is 0.263 e. The smallest absolute Gasteiger partial charge is 0.263 e. The Balaban J connectivity index is 2.26. The second-order valence-electron chi connectivity index (χ2n) is 4.36. The molecule has 0 aliphatic heterocycles. The molecular weight excluding hydrogens is 314 g/mol. The van der Waals surface area contributed by atoms with Gasteiger partial charge in [0.25, 0.3) is 9.05 Å². The summed E-state index contributed by atoms with van der Waals surface area (Å²) in [6, 6.07) is 6.45. The van der Waals surface area contributed by atoms with Crippen LogP contribution in [0.25, 0.3) is 10.9 Å². The fraction of sp³-hybridized carbons (Fsp3) is 0.357. The third-order valence-electron chi connectivity index (χ3n) is 2.79. The van der Waals surface area contributed by atoms with Gasteiger partial charge >= 0.3 is 0 Å². The lowest BCUT2D eigenvalue weighted by molar-refractivity contribution is 0.101. The molecule has 114 valence electrons. The highest BCUT2D eigenvalue weighted by Crippen LogP contribution is 2.31. The highest BCUT2D eigenvalue weighted by Gasteiger charge is 2.17. The van der Waals surface area contributed by atoms with Gasteiger partial charge < -0.3 is 9.47 Å².